The molecule has 0 amide bonds. The van der Waals surface area contributed by atoms with Crippen molar-refractivity contribution in [2.75, 3.05) is 18.0 Å². The summed E-state index contributed by atoms with van der Waals surface area (Å²) in [7, 11) is 0. The monoisotopic (exact) mass is 277 g/mol. The molecule has 4 heteroatoms. The highest BCUT2D eigenvalue weighted by Gasteiger charge is 2.20. The highest BCUT2D eigenvalue weighted by atomic mass is 35.5. The maximum atomic E-state index is 6.38. The van der Waals surface area contributed by atoms with Crippen LogP contribution in [0.2, 0.25) is 5.02 Å². The van der Waals surface area contributed by atoms with Gasteiger partial charge in [-0.2, -0.15) is 0 Å². The summed E-state index contributed by atoms with van der Waals surface area (Å²) >= 11 is 6.38. The van der Waals surface area contributed by atoms with Gasteiger partial charge in [-0.15, -0.1) is 0 Å². The van der Waals surface area contributed by atoms with E-state index in [9.17, 15) is 0 Å². The number of anilines is 1. The Hall–Kier alpha value is -1.06. The zero-order valence-corrected chi connectivity index (χ0v) is 12.1. The van der Waals surface area contributed by atoms with Crippen molar-refractivity contribution in [3.63, 3.8) is 0 Å². The van der Waals surface area contributed by atoms with E-state index < -0.39 is 0 Å². The predicted molar refractivity (Wildman–Crippen MR) is 79.7 cm³/mol. The lowest BCUT2D eigenvalue weighted by Gasteiger charge is -2.27. The maximum Gasteiger partial charge on any atom is 0.147 e. The fourth-order valence-corrected chi connectivity index (χ4v) is 2.62. The minimum Gasteiger partial charge on any atom is -0.351 e. The van der Waals surface area contributed by atoms with Crippen molar-refractivity contribution in [3.05, 3.63) is 34.5 Å². The third kappa shape index (κ3) is 3.28. The Labute approximate surface area is 119 Å². The molecule has 1 aliphatic heterocycles. The van der Waals surface area contributed by atoms with Crippen LogP contribution in [0.5, 0.6) is 0 Å². The van der Waals surface area contributed by atoms with E-state index in [-0.39, 0.29) is 0 Å². The number of aromatic nitrogens is 1. The number of pyridine rings is 1. The highest BCUT2D eigenvalue weighted by molar-refractivity contribution is 6.33. The van der Waals surface area contributed by atoms with Crippen LogP contribution in [-0.4, -0.2) is 24.1 Å². The molecule has 2 heterocycles. The van der Waals surface area contributed by atoms with Crippen LogP contribution in [0, 0.1) is 0 Å². The zero-order valence-electron chi connectivity index (χ0n) is 11.3. The van der Waals surface area contributed by atoms with Gasteiger partial charge in [0.05, 0.1) is 5.02 Å². The van der Waals surface area contributed by atoms with E-state index >= 15 is 0 Å². The third-order valence-corrected chi connectivity index (χ3v) is 4.06. The lowest BCUT2D eigenvalue weighted by molar-refractivity contribution is 0.685. The van der Waals surface area contributed by atoms with Crippen LogP contribution in [0.25, 0.3) is 0 Å². The summed E-state index contributed by atoms with van der Waals surface area (Å²) in [6, 6.07) is 2.76. The van der Waals surface area contributed by atoms with Crippen LogP contribution in [0.3, 0.4) is 0 Å². The van der Waals surface area contributed by atoms with Crippen molar-refractivity contribution in [2.24, 2.45) is 0 Å². The van der Waals surface area contributed by atoms with Crippen LogP contribution in [0.1, 0.15) is 31.7 Å². The fraction of sp³-hybridized carbons (Fsp3) is 0.533. The van der Waals surface area contributed by atoms with E-state index in [4.69, 9.17) is 11.6 Å². The Morgan fingerprint density at radius 2 is 2.32 bits per heavy atom. The summed E-state index contributed by atoms with van der Waals surface area (Å²) in [5.41, 5.74) is 2.63. The van der Waals surface area contributed by atoms with Crippen LogP contribution in [0.4, 0.5) is 5.82 Å². The van der Waals surface area contributed by atoms with Crippen LogP contribution in [0.15, 0.2) is 23.9 Å². The van der Waals surface area contributed by atoms with Gasteiger partial charge in [-0.05, 0) is 37.8 Å². The molecule has 102 valence electrons. The van der Waals surface area contributed by atoms with Gasteiger partial charge in [0.1, 0.15) is 5.82 Å². The number of hydrogen-bond acceptors (Lipinski definition) is 3. The molecule has 0 bridgehead atoms. The molecule has 1 aliphatic carbocycles. The Morgan fingerprint density at radius 3 is 2.95 bits per heavy atom. The van der Waals surface area contributed by atoms with Crippen molar-refractivity contribution in [2.45, 2.75) is 38.8 Å². The zero-order chi connectivity index (χ0) is 13.2. The molecule has 1 saturated carbocycles. The molecule has 0 radical (unpaired) electrons. The summed E-state index contributed by atoms with van der Waals surface area (Å²) < 4.78 is 0. The molecule has 3 rings (SSSR count). The van der Waals surface area contributed by atoms with Crippen molar-refractivity contribution in [3.8, 4) is 0 Å². The second-order valence-electron chi connectivity index (χ2n) is 5.55. The van der Waals surface area contributed by atoms with E-state index in [0.717, 1.165) is 36.9 Å². The molecule has 1 aromatic heterocycles. The van der Waals surface area contributed by atoms with E-state index in [2.05, 4.69) is 28.2 Å². The van der Waals surface area contributed by atoms with Crippen LogP contribution >= 0.6 is 11.6 Å². The third-order valence-electron chi connectivity index (χ3n) is 3.79. The Kier molecular flexibility index (Phi) is 3.76. The molecular formula is C15H20ClN3. The minimum atomic E-state index is 0.716. The molecule has 19 heavy (non-hydrogen) atoms. The Balaban J connectivity index is 1.68. The average Bonchev–Trinajstić information content (AvgIpc) is 3.22. The van der Waals surface area contributed by atoms with Gasteiger partial charge in [-0.3, -0.25) is 0 Å². The first-order valence-electron chi connectivity index (χ1n) is 7.01. The second-order valence-corrected chi connectivity index (χ2v) is 5.96. The summed E-state index contributed by atoms with van der Waals surface area (Å²) in [5, 5.41) is 4.25. The van der Waals surface area contributed by atoms with Gasteiger partial charge in [-0.25, -0.2) is 4.98 Å². The lowest BCUT2D eigenvalue weighted by Crippen LogP contribution is -2.29. The van der Waals surface area contributed by atoms with Crippen molar-refractivity contribution in [1.29, 1.82) is 0 Å². The smallest absolute Gasteiger partial charge is 0.147 e. The number of nitrogens with zero attached hydrogens (tertiary/aromatic N) is 2. The maximum absolute atomic E-state index is 6.38. The first kappa shape index (κ1) is 12.9. The van der Waals surface area contributed by atoms with Crippen LogP contribution < -0.4 is 10.2 Å². The number of rotatable bonds is 4. The van der Waals surface area contributed by atoms with E-state index in [0.29, 0.717) is 6.04 Å². The first-order valence-corrected chi connectivity index (χ1v) is 7.38. The molecule has 0 aromatic carbocycles. The largest absolute Gasteiger partial charge is 0.351 e. The Morgan fingerprint density at radius 1 is 1.47 bits per heavy atom. The minimum absolute atomic E-state index is 0.716. The molecule has 0 atom stereocenters. The fourth-order valence-electron chi connectivity index (χ4n) is 2.31. The number of hydrogen-bond donors (Lipinski definition) is 1. The predicted octanol–water partition coefficient (Wildman–Crippen LogP) is 3.14. The molecule has 0 spiro atoms. The average molecular weight is 278 g/mol. The SMILES string of the molecule is CC1=CCN(c2ncc(CNC3CC3)cc2Cl)CC1. The van der Waals surface area contributed by atoms with Gasteiger partial charge in [0.25, 0.3) is 0 Å². The topological polar surface area (TPSA) is 28.2 Å². The van der Waals surface area contributed by atoms with Gasteiger partial charge in [-0.1, -0.05) is 23.3 Å². The van der Waals surface area contributed by atoms with Crippen LogP contribution in [-0.2, 0) is 6.54 Å². The lowest BCUT2D eigenvalue weighted by atomic mass is 10.1. The molecule has 3 nitrogen and oxygen atoms in total. The normalized spacial score (nSPS) is 19.5. The van der Waals surface area contributed by atoms with E-state index in [1.807, 2.05) is 12.3 Å². The summed E-state index contributed by atoms with van der Waals surface area (Å²) in [6.07, 6.45) is 7.91. The number of nitrogens with one attached hydrogen (secondary N) is 1. The number of halogens is 1. The second kappa shape index (κ2) is 5.51. The molecule has 0 unspecified atom stereocenters. The van der Waals surface area contributed by atoms with Gasteiger partial charge in [0.15, 0.2) is 0 Å². The van der Waals surface area contributed by atoms with E-state index in [1.54, 1.807) is 0 Å². The molecule has 1 N–H and O–H groups in total. The summed E-state index contributed by atoms with van der Waals surface area (Å²) in [6.45, 7) is 4.97. The quantitative estimate of drug-likeness (QED) is 0.857. The van der Waals surface area contributed by atoms with Crippen molar-refractivity contribution < 1.29 is 0 Å². The van der Waals surface area contributed by atoms with Gasteiger partial charge in [0.2, 0.25) is 0 Å². The Bertz CT molecular complexity index is 494. The first-order chi connectivity index (χ1) is 9.22. The van der Waals surface area contributed by atoms with Gasteiger partial charge < -0.3 is 10.2 Å². The van der Waals surface area contributed by atoms with Crippen molar-refractivity contribution in [1.82, 2.24) is 10.3 Å². The highest BCUT2D eigenvalue weighted by Crippen LogP contribution is 2.27. The summed E-state index contributed by atoms with van der Waals surface area (Å²) in [4.78, 5) is 6.79. The summed E-state index contributed by atoms with van der Waals surface area (Å²) in [5.74, 6) is 0.917. The molecule has 1 aromatic rings. The molecule has 1 fully saturated rings. The van der Waals surface area contributed by atoms with Gasteiger partial charge in [0, 0.05) is 31.9 Å². The van der Waals surface area contributed by atoms with Crippen molar-refractivity contribution >= 4 is 17.4 Å². The van der Waals surface area contributed by atoms with E-state index in [1.165, 1.54) is 24.0 Å². The molecular weight excluding hydrogens is 258 g/mol. The van der Waals surface area contributed by atoms with Gasteiger partial charge >= 0.3 is 0 Å². The standard InChI is InChI=1S/C15H20ClN3/c1-11-4-6-19(7-5-11)15-14(16)8-12(10-18-15)9-17-13-2-3-13/h4,8,10,13,17H,2-3,5-7,9H2,1H3. The molecule has 0 saturated heterocycles. The molecule has 2 aliphatic rings.